The highest BCUT2D eigenvalue weighted by Crippen LogP contribution is 2.27. The highest BCUT2D eigenvalue weighted by atomic mass is 16.5. The van der Waals surface area contributed by atoms with Gasteiger partial charge in [-0.05, 0) is 24.1 Å². The van der Waals surface area contributed by atoms with Crippen molar-refractivity contribution in [3.8, 4) is 17.0 Å². The molecular weight excluding hydrogens is 242 g/mol. The van der Waals surface area contributed by atoms with Gasteiger partial charge in [-0.3, -0.25) is 0 Å². The summed E-state index contributed by atoms with van der Waals surface area (Å²) in [6.07, 6.45) is 1.69. The summed E-state index contributed by atoms with van der Waals surface area (Å²) in [6.45, 7) is 2.01. The Morgan fingerprint density at radius 3 is 2.58 bits per heavy atom. The highest BCUT2D eigenvalue weighted by Gasteiger charge is 2.16. The average molecular weight is 257 g/mol. The molecule has 1 heterocycles. The number of nitrogens with zero attached hydrogens (tertiary/aromatic N) is 1. The number of hydrogen-bond donors (Lipinski definition) is 0. The first kappa shape index (κ1) is 13.1. The van der Waals surface area contributed by atoms with Crippen molar-refractivity contribution < 1.29 is 14.3 Å². The van der Waals surface area contributed by atoms with Gasteiger partial charge in [0.1, 0.15) is 5.56 Å². The second kappa shape index (κ2) is 5.52. The van der Waals surface area contributed by atoms with Crippen LogP contribution in [0.3, 0.4) is 0 Å². The summed E-state index contributed by atoms with van der Waals surface area (Å²) in [4.78, 5) is 15.9. The van der Waals surface area contributed by atoms with Gasteiger partial charge in [0.2, 0.25) is 5.88 Å². The van der Waals surface area contributed by atoms with Gasteiger partial charge in [0, 0.05) is 11.8 Å². The van der Waals surface area contributed by atoms with E-state index >= 15 is 0 Å². The molecule has 0 aliphatic carbocycles. The molecule has 98 valence electrons. The second-order valence-electron chi connectivity index (χ2n) is 4.09. The van der Waals surface area contributed by atoms with Crippen molar-refractivity contribution in [2.24, 2.45) is 0 Å². The molecule has 0 radical (unpaired) electrons. The van der Waals surface area contributed by atoms with Crippen LogP contribution >= 0.6 is 0 Å². The number of benzene rings is 1. The van der Waals surface area contributed by atoms with Crippen LogP contribution in [-0.2, 0) is 4.74 Å². The predicted octanol–water partition coefficient (Wildman–Crippen LogP) is 2.85. The fraction of sp³-hybridized carbons (Fsp3) is 0.200. The molecular formula is C15H15NO3. The Kier molecular flexibility index (Phi) is 3.80. The normalized spacial score (nSPS) is 10.1. The number of carbonyl (C=O) groups excluding carboxylic acids is 1. The van der Waals surface area contributed by atoms with Crippen LogP contribution in [0.4, 0.5) is 0 Å². The third kappa shape index (κ3) is 2.57. The van der Waals surface area contributed by atoms with Crippen LogP contribution in [0.25, 0.3) is 11.1 Å². The van der Waals surface area contributed by atoms with E-state index in [0.29, 0.717) is 5.56 Å². The maximum atomic E-state index is 11.7. The van der Waals surface area contributed by atoms with Crippen molar-refractivity contribution in [1.82, 2.24) is 4.98 Å². The lowest BCUT2D eigenvalue weighted by molar-refractivity contribution is 0.0596. The molecule has 0 atom stereocenters. The second-order valence-corrected chi connectivity index (χ2v) is 4.09. The molecule has 0 saturated heterocycles. The third-order valence-corrected chi connectivity index (χ3v) is 2.91. The van der Waals surface area contributed by atoms with Gasteiger partial charge in [-0.25, -0.2) is 9.78 Å². The van der Waals surface area contributed by atoms with Gasteiger partial charge in [-0.2, -0.15) is 0 Å². The highest BCUT2D eigenvalue weighted by molar-refractivity contribution is 5.93. The molecule has 0 aliphatic rings. The van der Waals surface area contributed by atoms with E-state index in [1.54, 1.807) is 12.3 Å². The SMILES string of the molecule is COC(=O)c1cc(-c2ccccc2C)cnc1OC. The summed E-state index contributed by atoms with van der Waals surface area (Å²) in [5, 5.41) is 0. The Labute approximate surface area is 112 Å². The van der Waals surface area contributed by atoms with E-state index in [0.717, 1.165) is 16.7 Å². The zero-order valence-corrected chi connectivity index (χ0v) is 11.1. The molecule has 0 fully saturated rings. The molecule has 0 bridgehead atoms. The standard InChI is InChI=1S/C15H15NO3/c1-10-6-4-5-7-12(10)11-8-13(15(17)19-3)14(18-2)16-9-11/h4-9H,1-3H3. The first-order valence-corrected chi connectivity index (χ1v) is 5.85. The van der Waals surface area contributed by atoms with Crippen molar-refractivity contribution in [3.63, 3.8) is 0 Å². The molecule has 19 heavy (non-hydrogen) atoms. The van der Waals surface area contributed by atoms with Crippen molar-refractivity contribution in [1.29, 1.82) is 0 Å². The van der Waals surface area contributed by atoms with E-state index < -0.39 is 5.97 Å². The molecule has 1 aromatic heterocycles. The van der Waals surface area contributed by atoms with Gasteiger partial charge in [0.25, 0.3) is 0 Å². The maximum absolute atomic E-state index is 11.7. The zero-order valence-electron chi connectivity index (χ0n) is 11.1. The lowest BCUT2D eigenvalue weighted by Crippen LogP contribution is -2.06. The third-order valence-electron chi connectivity index (χ3n) is 2.91. The lowest BCUT2D eigenvalue weighted by atomic mass is 10.0. The van der Waals surface area contributed by atoms with Crippen LogP contribution in [0.15, 0.2) is 36.5 Å². The van der Waals surface area contributed by atoms with Gasteiger partial charge in [-0.15, -0.1) is 0 Å². The summed E-state index contributed by atoms with van der Waals surface area (Å²) >= 11 is 0. The number of carbonyl (C=O) groups is 1. The van der Waals surface area contributed by atoms with E-state index in [2.05, 4.69) is 4.98 Å². The summed E-state index contributed by atoms with van der Waals surface area (Å²) in [5.41, 5.74) is 3.33. The minimum Gasteiger partial charge on any atom is -0.480 e. The Morgan fingerprint density at radius 2 is 1.95 bits per heavy atom. The zero-order chi connectivity index (χ0) is 13.8. The van der Waals surface area contributed by atoms with Crippen LogP contribution < -0.4 is 4.74 Å². The van der Waals surface area contributed by atoms with Gasteiger partial charge in [-0.1, -0.05) is 24.3 Å². The van der Waals surface area contributed by atoms with E-state index in [1.165, 1.54) is 14.2 Å². The Balaban J connectivity index is 2.55. The lowest BCUT2D eigenvalue weighted by Gasteiger charge is -2.10. The topological polar surface area (TPSA) is 48.4 Å². The van der Waals surface area contributed by atoms with Crippen LogP contribution in [0.5, 0.6) is 5.88 Å². The van der Waals surface area contributed by atoms with E-state index in [-0.39, 0.29) is 5.88 Å². The van der Waals surface area contributed by atoms with Crippen molar-refractivity contribution >= 4 is 5.97 Å². The Bertz CT molecular complexity index is 608. The van der Waals surface area contributed by atoms with E-state index in [4.69, 9.17) is 9.47 Å². The molecule has 1 aromatic carbocycles. The molecule has 0 unspecified atom stereocenters. The van der Waals surface area contributed by atoms with Crippen molar-refractivity contribution in [2.75, 3.05) is 14.2 Å². The number of hydrogen-bond acceptors (Lipinski definition) is 4. The van der Waals surface area contributed by atoms with E-state index in [9.17, 15) is 4.79 Å². The summed E-state index contributed by atoms with van der Waals surface area (Å²) in [5.74, 6) is -0.191. The van der Waals surface area contributed by atoms with Crippen LogP contribution in [0, 0.1) is 6.92 Å². The van der Waals surface area contributed by atoms with Crippen molar-refractivity contribution in [2.45, 2.75) is 6.92 Å². The van der Waals surface area contributed by atoms with Crippen LogP contribution in [0.2, 0.25) is 0 Å². The average Bonchev–Trinajstić information content (AvgIpc) is 2.46. The number of aromatic nitrogens is 1. The molecule has 4 nitrogen and oxygen atoms in total. The minimum absolute atomic E-state index is 0.268. The van der Waals surface area contributed by atoms with Gasteiger partial charge < -0.3 is 9.47 Å². The van der Waals surface area contributed by atoms with Crippen LogP contribution in [0.1, 0.15) is 15.9 Å². The number of esters is 1. The molecule has 0 saturated carbocycles. The maximum Gasteiger partial charge on any atom is 0.343 e. The number of ether oxygens (including phenoxy) is 2. The molecule has 0 amide bonds. The Hall–Kier alpha value is -2.36. The molecule has 0 aliphatic heterocycles. The first-order chi connectivity index (χ1) is 9.17. The number of methoxy groups -OCH3 is 2. The fourth-order valence-electron chi connectivity index (χ4n) is 1.92. The molecule has 0 spiro atoms. The minimum atomic E-state index is -0.459. The monoisotopic (exact) mass is 257 g/mol. The molecule has 2 rings (SSSR count). The number of aryl methyl sites for hydroxylation is 1. The number of pyridine rings is 1. The largest absolute Gasteiger partial charge is 0.480 e. The molecule has 0 N–H and O–H groups in total. The van der Waals surface area contributed by atoms with Gasteiger partial charge in [0.05, 0.1) is 14.2 Å². The fourth-order valence-corrected chi connectivity index (χ4v) is 1.92. The van der Waals surface area contributed by atoms with Crippen molar-refractivity contribution in [3.05, 3.63) is 47.7 Å². The summed E-state index contributed by atoms with van der Waals surface area (Å²) in [6, 6.07) is 9.65. The summed E-state index contributed by atoms with van der Waals surface area (Å²) < 4.78 is 9.82. The number of rotatable bonds is 3. The van der Waals surface area contributed by atoms with Gasteiger partial charge in [0.15, 0.2) is 0 Å². The first-order valence-electron chi connectivity index (χ1n) is 5.85. The summed E-state index contributed by atoms with van der Waals surface area (Å²) in [7, 11) is 2.81. The van der Waals surface area contributed by atoms with E-state index in [1.807, 2.05) is 31.2 Å². The molecule has 2 aromatic rings. The van der Waals surface area contributed by atoms with Gasteiger partial charge >= 0.3 is 5.97 Å². The predicted molar refractivity (Wildman–Crippen MR) is 72.3 cm³/mol. The molecule has 4 heteroatoms. The quantitative estimate of drug-likeness (QED) is 0.793. The smallest absolute Gasteiger partial charge is 0.343 e. The Morgan fingerprint density at radius 1 is 1.21 bits per heavy atom. The van der Waals surface area contributed by atoms with Crippen LogP contribution in [-0.4, -0.2) is 25.2 Å².